The molecule has 2 aromatic rings. The molecule has 3 heteroatoms. The third-order valence-electron chi connectivity index (χ3n) is 5.42. The second-order valence-electron chi connectivity index (χ2n) is 6.18. The van der Waals surface area contributed by atoms with Crippen molar-refractivity contribution in [1.82, 2.24) is 0 Å². The number of benzene rings is 2. The van der Waals surface area contributed by atoms with Gasteiger partial charge in [0, 0.05) is 5.04 Å². The summed E-state index contributed by atoms with van der Waals surface area (Å²) in [5.74, 6) is 0.541. The zero-order chi connectivity index (χ0) is 14.0. The van der Waals surface area contributed by atoms with Crippen LogP contribution < -0.4 is 10.4 Å². The maximum Gasteiger partial charge on any atom is 0.269 e. The number of halogens is 1. The van der Waals surface area contributed by atoms with Crippen molar-refractivity contribution in [2.24, 2.45) is 0 Å². The van der Waals surface area contributed by atoms with E-state index in [1.165, 1.54) is 15.9 Å². The highest BCUT2D eigenvalue weighted by molar-refractivity contribution is 7.05. The van der Waals surface area contributed by atoms with Gasteiger partial charge < -0.3 is 4.43 Å². The third-order valence-corrected chi connectivity index (χ3v) is 11.2. The molecular formula is C17H17ClOSi. The first kappa shape index (κ1) is 12.6. The number of hydrogen-bond acceptors (Lipinski definition) is 1. The summed E-state index contributed by atoms with van der Waals surface area (Å²) in [4.78, 5) is 0. The Labute approximate surface area is 125 Å². The van der Waals surface area contributed by atoms with Crippen molar-refractivity contribution in [3.63, 3.8) is 0 Å². The molecule has 2 aliphatic rings. The second-order valence-corrected chi connectivity index (χ2v) is 10.1. The summed E-state index contributed by atoms with van der Waals surface area (Å²) < 4.78 is 6.58. The van der Waals surface area contributed by atoms with E-state index < -0.39 is 8.32 Å². The van der Waals surface area contributed by atoms with Gasteiger partial charge in [0.15, 0.2) is 0 Å². The van der Waals surface area contributed by atoms with Crippen LogP contribution in [0.1, 0.15) is 19.4 Å². The van der Waals surface area contributed by atoms with Gasteiger partial charge in [-0.05, 0) is 22.9 Å². The largest absolute Gasteiger partial charge is 0.400 e. The molecule has 1 saturated heterocycles. The number of rotatable bonds is 2. The summed E-state index contributed by atoms with van der Waals surface area (Å²) in [6.45, 7) is 4.50. The number of hydrogen-bond donors (Lipinski definition) is 0. The minimum atomic E-state index is -2.08. The fourth-order valence-electron chi connectivity index (χ4n) is 4.17. The van der Waals surface area contributed by atoms with Crippen LogP contribution in [0, 0.1) is 0 Å². The smallest absolute Gasteiger partial charge is 0.269 e. The van der Waals surface area contributed by atoms with Crippen molar-refractivity contribution in [1.29, 1.82) is 0 Å². The van der Waals surface area contributed by atoms with Crippen molar-refractivity contribution >= 4 is 30.3 Å². The molecule has 0 bridgehead atoms. The van der Waals surface area contributed by atoms with E-state index >= 15 is 0 Å². The van der Waals surface area contributed by atoms with Gasteiger partial charge in [0.1, 0.15) is 0 Å². The van der Waals surface area contributed by atoms with E-state index in [4.69, 9.17) is 16.0 Å². The van der Waals surface area contributed by atoms with Crippen LogP contribution in [0.15, 0.2) is 54.6 Å². The lowest BCUT2D eigenvalue weighted by atomic mass is 9.82. The SMILES string of the molecule is CC12c3ccccc3[Si]1(c1ccccc1)O[C@]2(C)CCl. The van der Waals surface area contributed by atoms with Crippen molar-refractivity contribution in [3.8, 4) is 0 Å². The monoisotopic (exact) mass is 300 g/mol. The predicted molar refractivity (Wildman–Crippen MR) is 85.5 cm³/mol. The first-order chi connectivity index (χ1) is 9.60. The van der Waals surface area contributed by atoms with E-state index in [1.807, 2.05) is 0 Å². The molecule has 2 aliphatic heterocycles. The molecular weight excluding hydrogens is 284 g/mol. The third kappa shape index (κ3) is 1.08. The topological polar surface area (TPSA) is 9.23 Å². The summed E-state index contributed by atoms with van der Waals surface area (Å²) in [7, 11) is -2.08. The molecule has 1 fully saturated rings. The molecule has 0 N–H and O–H groups in total. The lowest BCUT2D eigenvalue weighted by molar-refractivity contribution is -0.0316. The molecule has 4 rings (SSSR count). The van der Waals surface area contributed by atoms with Crippen molar-refractivity contribution < 1.29 is 4.43 Å². The van der Waals surface area contributed by atoms with E-state index in [1.54, 1.807) is 0 Å². The molecule has 2 aromatic carbocycles. The van der Waals surface area contributed by atoms with Crippen LogP contribution in [0.5, 0.6) is 0 Å². The van der Waals surface area contributed by atoms with E-state index in [2.05, 4.69) is 68.4 Å². The Hall–Kier alpha value is -1.09. The van der Waals surface area contributed by atoms with E-state index in [0.29, 0.717) is 5.88 Å². The standard InChI is InChI=1S/C17H17ClOSi/c1-16(12-18)17(2)14-10-6-7-11-15(14)20(17,19-16)13-8-4-3-5-9-13/h3-11H,12H2,1-2H3/t16-,17?,20?/m1/s1. The molecule has 0 aliphatic carbocycles. The first-order valence-electron chi connectivity index (χ1n) is 7.02. The van der Waals surface area contributed by atoms with E-state index in [-0.39, 0.29) is 10.6 Å². The second kappa shape index (κ2) is 3.76. The quantitative estimate of drug-likeness (QED) is 0.612. The zero-order valence-corrected chi connectivity index (χ0v) is 13.4. The molecule has 2 heterocycles. The molecule has 0 amide bonds. The number of alkyl halides is 1. The van der Waals surface area contributed by atoms with Crippen LogP contribution in [0.3, 0.4) is 0 Å². The van der Waals surface area contributed by atoms with Gasteiger partial charge in [0.2, 0.25) is 0 Å². The van der Waals surface area contributed by atoms with Crippen LogP contribution >= 0.6 is 11.6 Å². The van der Waals surface area contributed by atoms with E-state index in [9.17, 15) is 0 Å². The Morgan fingerprint density at radius 3 is 2.35 bits per heavy atom. The van der Waals surface area contributed by atoms with Crippen molar-refractivity contribution in [2.45, 2.75) is 24.5 Å². The van der Waals surface area contributed by atoms with Gasteiger partial charge in [0.25, 0.3) is 8.32 Å². The Morgan fingerprint density at radius 2 is 1.65 bits per heavy atom. The van der Waals surface area contributed by atoms with Gasteiger partial charge >= 0.3 is 0 Å². The maximum atomic E-state index is 6.58. The Kier molecular flexibility index (Phi) is 2.37. The normalized spacial score (nSPS) is 37.4. The van der Waals surface area contributed by atoms with Crippen molar-refractivity contribution in [3.05, 3.63) is 60.2 Å². The molecule has 0 saturated carbocycles. The maximum absolute atomic E-state index is 6.58. The van der Waals surface area contributed by atoms with Gasteiger partial charge in [-0.25, -0.2) is 0 Å². The average molecular weight is 301 g/mol. The molecule has 20 heavy (non-hydrogen) atoms. The summed E-state index contributed by atoms with van der Waals surface area (Å²) in [6, 6.07) is 19.5. The Balaban J connectivity index is 1.98. The van der Waals surface area contributed by atoms with Crippen LogP contribution in [-0.2, 0) is 9.46 Å². The molecule has 102 valence electrons. The molecule has 3 atom stereocenters. The first-order valence-corrected chi connectivity index (χ1v) is 9.46. The van der Waals surface area contributed by atoms with Gasteiger partial charge in [-0.1, -0.05) is 61.5 Å². The minimum Gasteiger partial charge on any atom is -0.400 e. The van der Waals surface area contributed by atoms with E-state index in [0.717, 1.165) is 0 Å². The Morgan fingerprint density at radius 1 is 1.00 bits per heavy atom. The molecule has 0 aromatic heterocycles. The van der Waals surface area contributed by atoms with Gasteiger partial charge in [0.05, 0.1) is 11.5 Å². The fourth-order valence-corrected chi connectivity index (χ4v) is 10.4. The molecule has 0 radical (unpaired) electrons. The molecule has 2 unspecified atom stereocenters. The van der Waals surface area contributed by atoms with Crippen LogP contribution in [-0.4, -0.2) is 19.8 Å². The molecule has 1 nitrogen and oxygen atoms in total. The minimum absolute atomic E-state index is 0.0830. The van der Waals surface area contributed by atoms with Gasteiger partial charge in [-0.3, -0.25) is 0 Å². The lowest BCUT2D eigenvalue weighted by Gasteiger charge is -2.74. The zero-order valence-electron chi connectivity index (χ0n) is 11.7. The Bertz CT molecular complexity index is 688. The summed E-state index contributed by atoms with van der Waals surface area (Å²) in [6.07, 6.45) is 0. The highest BCUT2D eigenvalue weighted by Crippen LogP contribution is 2.61. The average Bonchev–Trinajstić information content (AvgIpc) is 2.52. The van der Waals surface area contributed by atoms with Crippen molar-refractivity contribution in [2.75, 3.05) is 5.88 Å². The summed E-state index contributed by atoms with van der Waals surface area (Å²) >= 11 is 6.24. The van der Waals surface area contributed by atoms with Gasteiger partial charge in [-0.2, -0.15) is 0 Å². The van der Waals surface area contributed by atoms with Crippen LogP contribution in [0.25, 0.3) is 0 Å². The summed E-state index contributed by atoms with van der Waals surface area (Å²) in [5, 5.41) is 2.87. The summed E-state index contributed by atoms with van der Waals surface area (Å²) in [5.41, 5.74) is 1.19. The predicted octanol–water partition coefficient (Wildman–Crippen LogP) is 2.58. The lowest BCUT2D eigenvalue weighted by Crippen LogP contribution is -2.97. The fraction of sp³-hybridized carbons (Fsp3) is 0.294. The van der Waals surface area contributed by atoms with Crippen LogP contribution in [0.2, 0.25) is 0 Å². The highest BCUT2D eigenvalue weighted by Gasteiger charge is 2.81. The van der Waals surface area contributed by atoms with Crippen LogP contribution in [0.4, 0.5) is 0 Å². The molecule has 0 spiro atoms. The van der Waals surface area contributed by atoms with Gasteiger partial charge in [-0.15, -0.1) is 11.6 Å². The highest BCUT2D eigenvalue weighted by atomic mass is 35.5. The number of fused-ring (bicyclic) bond motifs is 4.